The third-order valence-electron chi connectivity index (χ3n) is 4.69. The van der Waals surface area contributed by atoms with E-state index in [1.165, 1.54) is 23.1 Å². The summed E-state index contributed by atoms with van der Waals surface area (Å²) in [6, 6.07) is 14.7. The zero-order valence-corrected chi connectivity index (χ0v) is 20.1. The van der Waals surface area contributed by atoms with E-state index < -0.39 is 5.91 Å². The highest BCUT2D eigenvalue weighted by atomic mass is 32.2. The van der Waals surface area contributed by atoms with Gasteiger partial charge in [0.25, 0.3) is 5.91 Å². The number of hydrogen-bond donors (Lipinski definition) is 3. The summed E-state index contributed by atoms with van der Waals surface area (Å²) >= 11 is 3.65. The fourth-order valence-corrected chi connectivity index (χ4v) is 5.79. The van der Waals surface area contributed by atoms with E-state index in [0.717, 1.165) is 22.6 Å². The van der Waals surface area contributed by atoms with E-state index in [0.29, 0.717) is 35.6 Å². The van der Waals surface area contributed by atoms with Gasteiger partial charge in [-0.15, -0.1) is 10.2 Å². The van der Waals surface area contributed by atoms with Crippen LogP contribution in [0.2, 0.25) is 0 Å². The van der Waals surface area contributed by atoms with Gasteiger partial charge in [0.05, 0.1) is 16.7 Å². The van der Waals surface area contributed by atoms with Crippen molar-refractivity contribution in [1.29, 1.82) is 0 Å². The summed E-state index contributed by atoms with van der Waals surface area (Å²) in [5, 5.41) is 26.4. The van der Waals surface area contributed by atoms with Crippen molar-refractivity contribution in [3.8, 4) is 5.88 Å². The van der Waals surface area contributed by atoms with Crippen LogP contribution in [0.5, 0.6) is 5.88 Å². The molecule has 0 atom stereocenters. The minimum atomic E-state index is -0.412. The van der Waals surface area contributed by atoms with Crippen molar-refractivity contribution in [1.82, 2.24) is 15.2 Å². The fraction of sp³-hybridized carbons (Fsp3) is 0.0909. The Morgan fingerprint density at radius 2 is 1.94 bits per heavy atom. The molecular weight excluding hydrogens is 492 g/mol. The van der Waals surface area contributed by atoms with Crippen LogP contribution in [0.4, 0.5) is 16.0 Å². The number of carbonyl (C=O) groups is 2. The summed E-state index contributed by atoms with van der Waals surface area (Å²) in [5.74, 6) is -0.618. The molecule has 0 aliphatic carbocycles. The molecule has 2 aromatic carbocycles. The number of thioether (sulfide) groups is 1. The molecule has 0 saturated heterocycles. The maximum absolute atomic E-state index is 12.4. The average molecular weight is 509 g/mol. The van der Waals surface area contributed by atoms with E-state index in [9.17, 15) is 14.7 Å². The van der Waals surface area contributed by atoms with Gasteiger partial charge in [-0.3, -0.25) is 9.59 Å². The van der Waals surface area contributed by atoms with Crippen LogP contribution < -0.4 is 21.2 Å². The number of benzene rings is 2. The first-order valence-corrected chi connectivity index (χ1v) is 12.6. The lowest BCUT2D eigenvalue weighted by molar-refractivity contribution is -0.114. The van der Waals surface area contributed by atoms with Crippen LogP contribution >= 0.6 is 34.4 Å². The minimum absolute atomic E-state index is 0.140. The van der Waals surface area contributed by atoms with E-state index in [4.69, 9.17) is 0 Å². The van der Waals surface area contributed by atoms with Gasteiger partial charge in [-0.25, -0.2) is 4.99 Å². The molecule has 2 amide bonds. The molecule has 34 heavy (non-hydrogen) atoms. The third-order valence-corrected chi connectivity index (χ3v) is 7.64. The van der Waals surface area contributed by atoms with Gasteiger partial charge in [0.2, 0.25) is 16.9 Å². The lowest BCUT2D eigenvalue weighted by Crippen LogP contribution is -2.22. The molecule has 9 nitrogen and oxygen atoms in total. The number of fused-ring (bicyclic) bond motifs is 1. The van der Waals surface area contributed by atoms with Crippen molar-refractivity contribution < 1.29 is 14.7 Å². The van der Waals surface area contributed by atoms with Gasteiger partial charge < -0.3 is 15.7 Å². The van der Waals surface area contributed by atoms with Gasteiger partial charge in [0, 0.05) is 10.9 Å². The first-order chi connectivity index (χ1) is 16.5. The summed E-state index contributed by atoms with van der Waals surface area (Å²) in [5.41, 5.74) is 2.14. The molecule has 1 aliphatic heterocycles. The van der Waals surface area contributed by atoms with E-state index in [1.54, 1.807) is 18.2 Å². The number of carbonyl (C=O) groups excluding carboxylic acids is 2. The Labute approximate surface area is 205 Å². The van der Waals surface area contributed by atoms with Gasteiger partial charge in [-0.1, -0.05) is 64.8 Å². The Morgan fingerprint density at radius 1 is 1.09 bits per heavy atom. The molecule has 0 spiro atoms. The second-order valence-corrected chi connectivity index (χ2v) is 10.4. The number of aromatic hydroxyl groups is 1. The van der Waals surface area contributed by atoms with Gasteiger partial charge in [0.15, 0.2) is 9.47 Å². The first-order valence-electron chi connectivity index (χ1n) is 9.99. The molecule has 4 aromatic rings. The van der Waals surface area contributed by atoms with Gasteiger partial charge in [-0.05, 0) is 30.7 Å². The number of rotatable bonds is 7. The highest BCUT2D eigenvalue weighted by molar-refractivity contribution is 8.01. The predicted octanol–water partition coefficient (Wildman–Crippen LogP) is 2.84. The number of para-hydroxylation sites is 1. The van der Waals surface area contributed by atoms with Crippen molar-refractivity contribution in [3.63, 3.8) is 0 Å². The number of hydrogen-bond acceptors (Lipinski definition) is 10. The highest BCUT2D eigenvalue weighted by Crippen LogP contribution is 2.36. The number of amides is 2. The number of anilines is 3. The molecule has 0 radical (unpaired) electrons. The van der Waals surface area contributed by atoms with Crippen molar-refractivity contribution in [2.45, 2.75) is 11.3 Å². The minimum Gasteiger partial charge on any atom is -0.492 e. The van der Waals surface area contributed by atoms with Crippen LogP contribution in [-0.2, 0) is 9.59 Å². The van der Waals surface area contributed by atoms with Gasteiger partial charge in [0.1, 0.15) is 4.88 Å². The monoisotopic (exact) mass is 508 g/mol. The summed E-state index contributed by atoms with van der Waals surface area (Å²) in [4.78, 5) is 33.1. The molecule has 3 N–H and O–H groups in total. The standard InChI is InChI=1S/C22H16N6O3S3/c1-11-5-4-6-12(9-11)23-15(29)10-32-22-28-27-21(34-22)26-20-25-19(31)17(33-20)16-13-7-2-3-8-14(13)24-18(16)30/h2-9,31H,10H2,1H3,(H,23,29)(H,25,26,27). The molecule has 0 unspecified atom stereocenters. The first kappa shape index (κ1) is 22.2. The quantitative estimate of drug-likeness (QED) is 0.325. The molecule has 170 valence electrons. The maximum Gasteiger partial charge on any atom is 0.279 e. The summed E-state index contributed by atoms with van der Waals surface area (Å²) < 4.78 is 0.607. The molecule has 0 bridgehead atoms. The Bertz CT molecular complexity index is 1550. The normalized spacial score (nSPS) is 12.4. The second-order valence-electron chi connectivity index (χ2n) is 7.19. The van der Waals surface area contributed by atoms with Crippen LogP contribution in [0.25, 0.3) is 5.57 Å². The lowest BCUT2D eigenvalue weighted by Gasteiger charge is -2.04. The Balaban J connectivity index is 1.25. The summed E-state index contributed by atoms with van der Waals surface area (Å²) in [6.07, 6.45) is 0. The maximum atomic E-state index is 12.4. The smallest absolute Gasteiger partial charge is 0.279 e. The fourth-order valence-electron chi connectivity index (χ4n) is 3.27. The Kier molecular flexibility index (Phi) is 6.09. The zero-order valence-electron chi connectivity index (χ0n) is 17.6. The number of aryl methyl sites for hydroxylation is 1. The predicted molar refractivity (Wildman–Crippen MR) is 132 cm³/mol. The highest BCUT2D eigenvalue weighted by Gasteiger charge is 2.25. The second kappa shape index (κ2) is 9.33. The SMILES string of the molecule is Cc1cccc(NC(=O)CSc2nnc(Nc3nc(O)c(C4=c5ccccc5=NC4=O)s3)s2)c1. The van der Waals surface area contributed by atoms with Crippen molar-refractivity contribution in [3.05, 3.63) is 69.5 Å². The molecule has 0 fully saturated rings. The number of nitrogens with one attached hydrogen (secondary N) is 2. The molecule has 0 saturated carbocycles. The van der Waals surface area contributed by atoms with E-state index in [2.05, 4.69) is 30.8 Å². The average Bonchev–Trinajstić information content (AvgIpc) is 3.48. The number of aromatic nitrogens is 3. The summed E-state index contributed by atoms with van der Waals surface area (Å²) in [7, 11) is 0. The number of nitrogens with zero attached hydrogens (tertiary/aromatic N) is 4. The van der Waals surface area contributed by atoms with Gasteiger partial charge >= 0.3 is 0 Å². The zero-order chi connectivity index (χ0) is 23.7. The molecule has 12 heteroatoms. The molecule has 3 heterocycles. The van der Waals surface area contributed by atoms with E-state index >= 15 is 0 Å². The molecule has 2 aromatic heterocycles. The van der Waals surface area contributed by atoms with Crippen LogP contribution in [0.15, 0.2) is 57.9 Å². The molecule has 5 rings (SSSR count). The Morgan fingerprint density at radius 3 is 2.79 bits per heavy atom. The van der Waals surface area contributed by atoms with E-state index in [-0.39, 0.29) is 17.5 Å². The van der Waals surface area contributed by atoms with Gasteiger partial charge in [-0.2, -0.15) is 4.98 Å². The van der Waals surface area contributed by atoms with Crippen molar-refractivity contribution in [2.24, 2.45) is 4.99 Å². The summed E-state index contributed by atoms with van der Waals surface area (Å²) in [6.45, 7) is 1.96. The Hall–Kier alpha value is -3.61. The molecule has 1 aliphatic rings. The van der Waals surface area contributed by atoms with Crippen molar-refractivity contribution >= 4 is 67.8 Å². The van der Waals surface area contributed by atoms with E-state index in [1.807, 2.05) is 37.3 Å². The lowest BCUT2D eigenvalue weighted by atomic mass is 10.1. The third kappa shape index (κ3) is 4.69. The van der Waals surface area contributed by atoms with Crippen LogP contribution in [0.3, 0.4) is 0 Å². The van der Waals surface area contributed by atoms with Crippen LogP contribution in [0, 0.1) is 6.92 Å². The molecular formula is C22H16N6O3S3. The van der Waals surface area contributed by atoms with Crippen LogP contribution in [-0.4, -0.2) is 37.9 Å². The van der Waals surface area contributed by atoms with Crippen LogP contribution in [0.1, 0.15) is 10.4 Å². The topological polar surface area (TPSA) is 129 Å². The van der Waals surface area contributed by atoms with Crippen molar-refractivity contribution in [2.75, 3.05) is 16.4 Å². The number of thiazole rings is 1. The largest absolute Gasteiger partial charge is 0.492 e.